The normalized spacial score (nSPS) is 13.6. The summed E-state index contributed by atoms with van der Waals surface area (Å²) in [7, 11) is 0. The molecule has 0 unspecified atom stereocenters. The van der Waals surface area contributed by atoms with Gasteiger partial charge in [0.2, 0.25) is 0 Å². The Kier molecular flexibility index (Phi) is 5.01. The minimum atomic E-state index is -6.17. The maximum absolute atomic E-state index is 13.1. The van der Waals surface area contributed by atoms with Gasteiger partial charge in [0, 0.05) is 0 Å². The zero-order chi connectivity index (χ0) is 15.4. The van der Waals surface area contributed by atoms with Gasteiger partial charge in [0.25, 0.3) is 0 Å². The van der Waals surface area contributed by atoms with Crippen LogP contribution in [0.2, 0.25) is 0 Å². The predicted octanol–water partition coefficient (Wildman–Crippen LogP) is 4.43. The Balaban J connectivity index is 2.57. The van der Waals surface area contributed by atoms with Gasteiger partial charge in [-0.25, -0.2) is 0 Å². The summed E-state index contributed by atoms with van der Waals surface area (Å²) in [4.78, 5) is 0. The molecule has 0 heterocycles. The maximum atomic E-state index is 13.1. The van der Waals surface area contributed by atoms with E-state index in [0.717, 1.165) is 0 Å². The van der Waals surface area contributed by atoms with Gasteiger partial charge in [-0.1, -0.05) is 30.3 Å². The number of rotatable bonds is 5. The van der Waals surface area contributed by atoms with Gasteiger partial charge in [0.15, 0.2) is 0 Å². The van der Waals surface area contributed by atoms with E-state index >= 15 is 0 Å². The molecule has 8 heteroatoms. The molecule has 0 fully saturated rings. The van der Waals surface area contributed by atoms with Crippen molar-refractivity contribution in [2.75, 3.05) is 6.61 Å². The van der Waals surface area contributed by atoms with Gasteiger partial charge in [-0.15, -0.1) is 0 Å². The highest BCUT2D eigenvalue weighted by Gasteiger charge is 2.74. The summed E-state index contributed by atoms with van der Waals surface area (Å²) in [6, 6.07) is 8.34. The molecule has 20 heavy (non-hydrogen) atoms. The fourth-order valence-electron chi connectivity index (χ4n) is 1.46. The topological polar surface area (TPSA) is 9.23 Å². The first-order chi connectivity index (χ1) is 9.08. The van der Waals surface area contributed by atoms with Crippen molar-refractivity contribution in [2.24, 2.45) is 0 Å². The van der Waals surface area contributed by atoms with Crippen LogP contribution in [0.15, 0.2) is 30.3 Å². The van der Waals surface area contributed by atoms with E-state index in [1.807, 2.05) is 0 Å². The lowest BCUT2D eigenvalue weighted by molar-refractivity contribution is -0.430. The average molecular weight is 304 g/mol. The third-order valence-corrected chi connectivity index (χ3v) is 2.48. The molecule has 0 aromatic heterocycles. The Hall–Kier alpha value is -1.31. The lowest BCUT2D eigenvalue weighted by Gasteiger charge is -2.29. The number of alkyl halides is 7. The quantitative estimate of drug-likeness (QED) is 0.578. The summed E-state index contributed by atoms with van der Waals surface area (Å²) < 4.78 is 89.3. The van der Waals surface area contributed by atoms with E-state index in [9.17, 15) is 30.7 Å². The molecule has 1 aromatic rings. The molecule has 0 bridgehead atoms. The number of aryl methyl sites for hydroxylation is 1. The van der Waals surface area contributed by atoms with E-state index in [2.05, 4.69) is 4.74 Å². The van der Waals surface area contributed by atoms with E-state index in [1.165, 1.54) is 0 Å². The number of benzene rings is 1. The first kappa shape index (κ1) is 16.7. The number of hydrogen-bond donors (Lipinski definition) is 0. The zero-order valence-electron chi connectivity index (χ0n) is 10.1. The Morgan fingerprint density at radius 1 is 0.800 bits per heavy atom. The molecule has 0 aliphatic rings. The van der Waals surface area contributed by atoms with Crippen LogP contribution in [0.4, 0.5) is 30.7 Å². The molecule has 0 atom stereocenters. The summed E-state index contributed by atoms with van der Waals surface area (Å²) in [5.74, 6) is -5.63. The molecule has 0 amide bonds. The third-order valence-electron chi connectivity index (χ3n) is 2.48. The lowest BCUT2D eigenvalue weighted by Crippen LogP contribution is -2.55. The highest BCUT2D eigenvalue weighted by Crippen LogP contribution is 2.46. The van der Waals surface area contributed by atoms with Crippen molar-refractivity contribution in [1.29, 1.82) is 0 Å². The van der Waals surface area contributed by atoms with E-state index in [4.69, 9.17) is 0 Å². The standard InChI is InChI=1S/C12H11F7O/c13-10(11(14,15)16,12(17,18)19)20-8-4-7-9-5-2-1-3-6-9/h1-3,5-6H,4,7-8H2. The Labute approximate surface area is 110 Å². The minimum Gasteiger partial charge on any atom is -0.332 e. The van der Waals surface area contributed by atoms with E-state index < -0.39 is 24.8 Å². The van der Waals surface area contributed by atoms with Crippen LogP contribution in [-0.2, 0) is 11.2 Å². The van der Waals surface area contributed by atoms with Crippen molar-refractivity contribution < 1.29 is 35.5 Å². The fourth-order valence-corrected chi connectivity index (χ4v) is 1.46. The van der Waals surface area contributed by atoms with Crippen LogP contribution in [0.5, 0.6) is 0 Å². The molecule has 0 spiro atoms. The van der Waals surface area contributed by atoms with Crippen molar-refractivity contribution >= 4 is 0 Å². The second-order valence-corrected chi connectivity index (χ2v) is 4.03. The number of halogens is 7. The second kappa shape index (κ2) is 5.99. The fraction of sp³-hybridized carbons (Fsp3) is 0.500. The molecular weight excluding hydrogens is 293 g/mol. The largest absolute Gasteiger partial charge is 0.458 e. The first-order valence-electron chi connectivity index (χ1n) is 5.58. The minimum absolute atomic E-state index is 0.165. The van der Waals surface area contributed by atoms with Crippen LogP contribution in [-0.4, -0.2) is 24.8 Å². The first-order valence-corrected chi connectivity index (χ1v) is 5.58. The second-order valence-electron chi connectivity index (χ2n) is 4.03. The van der Waals surface area contributed by atoms with Crippen LogP contribution in [0.25, 0.3) is 0 Å². The molecule has 0 saturated heterocycles. The maximum Gasteiger partial charge on any atom is 0.458 e. The Morgan fingerprint density at radius 2 is 1.30 bits per heavy atom. The molecule has 1 rings (SSSR count). The summed E-state index contributed by atoms with van der Waals surface area (Å²) in [5.41, 5.74) is 0.708. The van der Waals surface area contributed by atoms with Crippen LogP contribution in [0.1, 0.15) is 12.0 Å². The van der Waals surface area contributed by atoms with Gasteiger partial charge < -0.3 is 4.74 Å². The van der Waals surface area contributed by atoms with Crippen molar-refractivity contribution in [3.05, 3.63) is 35.9 Å². The van der Waals surface area contributed by atoms with Gasteiger partial charge in [-0.05, 0) is 18.4 Å². The van der Waals surface area contributed by atoms with Crippen molar-refractivity contribution in [3.63, 3.8) is 0 Å². The van der Waals surface area contributed by atoms with Crippen LogP contribution >= 0.6 is 0 Å². The van der Waals surface area contributed by atoms with E-state index in [-0.39, 0.29) is 12.8 Å². The summed E-state index contributed by atoms with van der Waals surface area (Å²) >= 11 is 0. The van der Waals surface area contributed by atoms with Gasteiger partial charge >= 0.3 is 18.2 Å². The molecule has 1 nitrogen and oxygen atoms in total. The van der Waals surface area contributed by atoms with Crippen LogP contribution in [0, 0.1) is 0 Å². The average Bonchev–Trinajstić information content (AvgIpc) is 2.33. The summed E-state index contributed by atoms with van der Waals surface area (Å²) in [6.07, 6.45) is -12.3. The van der Waals surface area contributed by atoms with Crippen LogP contribution in [0.3, 0.4) is 0 Å². The van der Waals surface area contributed by atoms with Crippen molar-refractivity contribution in [2.45, 2.75) is 31.0 Å². The highest BCUT2D eigenvalue weighted by atomic mass is 19.4. The van der Waals surface area contributed by atoms with Crippen LogP contribution < -0.4 is 0 Å². The van der Waals surface area contributed by atoms with Crippen molar-refractivity contribution in [3.8, 4) is 0 Å². The van der Waals surface area contributed by atoms with Gasteiger partial charge in [-0.3, -0.25) is 0 Å². The molecule has 0 aliphatic carbocycles. The van der Waals surface area contributed by atoms with Crippen molar-refractivity contribution in [1.82, 2.24) is 0 Å². The SMILES string of the molecule is FC(F)(F)C(F)(OCCCc1ccccc1)C(F)(F)F. The number of ether oxygens (including phenoxy) is 1. The molecule has 0 aliphatic heterocycles. The molecule has 1 aromatic carbocycles. The Bertz CT molecular complexity index is 396. The molecule has 0 N–H and O–H groups in total. The molecule has 114 valence electrons. The lowest BCUT2D eigenvalue weighted by atomic mass is 10.1. The van der Waals surface area contributed by atoms with E-state index in [1.54, 1.807) is 30.3 Å². The monoisotopic (exact) mass is 304 g/mol. The summed E-state index contributed by atoms with van der Waals surface area (Å²) in [6.45, 7) is -0.996. The van der Waals surface area contributed by atoms with Gasteiger partial charge in [0.1, 0.15) is 0 Å². The zero-order valence-corrected chi connectivity index (χ0v) is 10.1. The summed E-state index contributed by atoms with van der Waals surface area (Å²) in [5, 5.41) is 0. The van der Waals surface area contributed by atoms with Gasteiger partial charge in [-0.2, -0.15) is 30.7 Å². The highest BCUT2D eigenvalue weighted by molar-refractivity contribution is 5.14. The molecular formula is C12H11F7O. The van der Waals surface area contributed by atoms with Gasteiger partial charge in [0.05, 0.1) is 6.61 Å². The Morgan fingerprint density at radius 3 is 1.75 bits per heavy atom. The van der Waals surface area contributed by atoms with E-state index in [0.29, 0.717) is 5.56 Å². The smallest absolute Gasteiger partial charge is 0.332 e. The third kappa shape index (κ3) is 3.84. The number of hydrogen-bond acceptors (Lipinski definition) is 1. The molecule has 0 saturated carbocycles. The molecule has 0 radical (unpaired) electrons. The predicted molar refractivity (Wildman–Crippen MR) is 56.7 cm³/mol.